The van der Waals surface area contributed by atoms with Crippen LogP contribution in [-0.2, 0) is 16.0 Å². The fourth-order valence-corrected chi connectivity index (χ4v) is 4.94. The number of hydrogen-bond donors (Lipinski definition) is 0. The molecule has 1 aromatic carbocycles. The van der Waals surface area contributed by atoms with Gasteiger partial charge in [0.15, 0.2) is 0 Å². The Morgan fingerprint density at radius 1 is 1.15 bits per heavy atom. The van der Waals surface area contributed by atoms with Gasteiger partial charge < -0.3 is 9.64 Å². The normalized spacial score (nSPS) is 29.6. The van der Waals surface area contributed by atoms with Gasteiger partial charge in [-0.3, -0.25) is 9.69 Å². The standard InChI is InChI=1S/C21H29FN2O2/c22-17-6-3-5-16(13-17)14-18-7-4-10-23(18)15-21(25)24-11-12-26-20-9-2-1-8-19(20)24/h3,5-6,13,18-20H,1-2,4,7-12,14-15H2/t18-,19-,20-/m1/s1. The third-order valence-electron chi connectivity index (χ3n) is 6.25. The molecule has 0 aromatic heterocycles. The molecule has 0 N–H and O–H groups in total. The van der Waals surface area contributed by atoms with Crippen molar-refractivity contribution in [3.63, 3.8) is 0 Å². The van der Waals surface area contributed by atoms with Crippen molar-refractivity contribution in [2.75, 3.05) is 26.2 Å². The summed E-state index contributed by atoms with van der Waals surface area (Å²) in [5, 5.41) is 0. The van der Waals surface area contributed by atoms with Gasteiger partial charge in [-0.15, -0.1) is 0 Å². The van der Waals surface area contributed by atoms with Crippen LogP contribution in [0.15, 0.2) is 24.3 Å². The van der Waals surface area contributed by atoms with Crippen LogP contribution in [0.25, 0.3) is 0 Å². The number of carbonyl (C=O) groups excluding carboxylic acids is 1. The Kier molecular flexibility index (Phi) is 5.55. The fourth-order valence-electron chi connectivity index (χ4n) is 4.94. The summed E-state index contributed by atoms with van der Waals surface area (Å²) >= 11 is 0. The van der Waals surface area contributed by atoms with Crippen molar-refractivity contribution >= 4 is 5.91 Å². The van der Waals surface area contributed by atoms with Crippen LogP contribution < -0.4 is 0 Å². The van der Waals surface area contributed by atoms with Crippen molar-refractivity contribution in [1.29, 1.82) is 0 Å². The van der Waals surface area contributed by atoms with Crippen molar-refractivity contribution in [3.05, 3.63) is 35.6 Å². The lowest BCUT2D eigenvalue weighted by atomic mass is 9.90. The Hall–Kier alpha value is -1.46. The fraction of sp³-hybridized carbons (Fsp3) is 0.667. The molecule has 26 heavy (non-hydrogen) atoms. The Balaban J connectivity index is 1.38. The van der Waals surface area contributed by atoms with Gasteiger partial charge >= 0.3 is 0 Å². The third-order valence-corrected chi connectivity index (χ3v) is 6.25. The molecule has 3 aliphatic rings. The smallest absolute Gasteiger partial charge is 0.237 e. The minimum atomic E-state index is -0.181. The maximum Gasteiger partial charge on any atom is 0.237 e. The van der Waals surface area contributed by atoms with E-state index in [4.69, 9.17) is 4.74 Å². The summed E-state index contributed by atoms with van der Waals surface area (Å²) < 4.78 is 19.4. The van der Waals surface area contributed by atoms with E-state index in [-0.39, 0.29) is 23.9 Å². The minimum absolute atomic E-state index is 0.181. The molecule has 1 aromatic rings. The number of nitrogens with zero attached hydrogens (tertiary/aromatic N) is 2. The molecule has 2 aliphatic heterocycles. The summed E-state index contributed by atoms with van der Waals surface area (Å²) in [6, 6.07) is 7.46. The number of hydrogen-bond acceptors (Lipinski definition) is 3. The number of likely N-dealkylation sites (tertiary alicyclic amines) is 1. The molecule has 2 heterocycles. The summed E-state index contributed by atoms with van der Waals surface area (Å²) in [4.78, 5) is 17.4. The molecule has 0 radical (unpaired) electrons. The van der Waals surface area contributed by atoms with Gasteiger partial charge in [0, 0.05) is 12.6 Å². The molecule has 142 valence electrons. The lowest BCUT2D eigenvalue weighted by Crippen LogP contribution is -2.57. The number of rotatable bonds is 4. The number of morpholine rings is 1. The first-order chi connectivity index (χ1) is 12.7. The highest BCUT2D eigenvalue weighted by atomic mass is 19.1. The average molecular weight is 360 g/mol. The minimum Gasteiger partial charge on any atom is -0.374 e. The molecular weight excluding hydrogens is 331 g/mol. The van der Waals surface area contributed by atoms with Crippen LogP contribution in [0.5, 0.6) is 0 Å². The monoisotopic (exact) mass is 360 g/mol. The van der Waals surface area contributed by atoms with E-state index in [1.54, 1.807) is 12.1 Å². The van der Waals surface area contributed by atoms with E-state index in [9.17, 15) is 9.18 Å². The van der Waals surface area contributed by atoms with Crippen molar-refractivity contribution in [1.82, 2.24) is 9.80 Å². The topological polar surface area (TPSA) is 32.8 Å². The zero-order chi connectivity index (χ0) is 17.9. The summed E-state index contributed by atoms with van der Waals surface area (Å²) in [5.74, 6) is 0.0659. The molecule has 0 unspecified atom stereocenters. The molecule has 3 fully saturated rings. The number of benzene rings is 1. The zero-order valence-electron chi connectivity index (χ0n) is 15.4. The van der Waals surface area contributed by atoms with E-state index in [2.05, 4.69) is 9.80 Å². The van der Waals surface area contributed by atoms with Gasteiger partial charge in [0.1, 0.15) is 5.82 Å². The van der Waals surface area contributed by atoms with Crippen LogP contribution in [-0.4, -0.2) is 60.1 Å². The molecule has 2 saturated heterocycles. The van der Waals surface area contributed by atoms with Crippen LogP contribution in [0.3, 0.4) is 0 Å². The number of ether oxygens (including phenoxy) is 1. The molecule has 4 rings (SSSR count). The second-order valence-electron chi connectivity index (χ2n) is 7.95. The van der Waals surface area contributed by atoms with Crippen LogP contribution in [0, 0.1) is 5.82 Å². The van der Waals surface area contributed by atoms with E-state index >= 15 is 0 Å². The van der Waals surface area contributed by atoms with Gasteiger partial charge in [0.05, 0.1) is 25.3 Å². The first kappa shape index (κ1) is 17.9. The lowest BCUT2D eigenvalue weighted by molar-refractivity contribution is -0.150. The molecular formula is C21H29FN2O2. The second kappa shape index (κ2) is 8.05. The number of fused-ring (bicyclic) bond motifs is 1. The van der Waals surface area contributed by atoms with Crippen LogP contribution in [0.2, 0.25) is 0 Å². The van der Waals surface area contributed by atoms with Gasteiger partial charge in [-0.25, -0.2) is 4.39 Å². The predicted molar refractivity (Wildman–Crippen MR) is 98.4 cm³/mol. The van der Waals surface area contributed by atoms with E-state index in [0.29, 0.717) is 19.2 Å². The van der Waals surface area contributed by atoms with Crippen LogP contribution >= 0.6 is 0 Å². The maximum atomic E-state index is 13.5. The quantitative estimate of drug-likeness (QED) is 0.828. The SMILES string of the molecule is O=C(CN1CCC[C@@H]1Cc1cccc(F)c1)N1CCO[C@@H]2CCCC[C@H]21. The van der Waals surface area contributed by atoms with Gasteiger partial charge in [-0.05, 0) is 56.3 Å². The highest BCUT2D eigenvalue weighted by Gasteiger charge is 2.37. The van der Waals surface area contributed by atoms with Crippen LogP contribution in [0.4, 0.5) is 4.39 Å². The molecule has 1 amide bonds. The highest BCUT2D eigenvalue weighted by Crippen LogP contribution is 2.29. The summed E-state index contributed by atoms with van der Waals surface area (Å²) in [6.07, 6.45) is 7.82. The molecule has 5 heteroatoms. The highest BCUT2D eigenvalue weighted by molar-refractivity contribution is 5.79. The van der Waals surface area contributed by atoms with Gasteiger partial charge in [0.25, 0.3) is 0 Å². The molecule has 3 atom stereocenters. The average Bonchev–Trinajstić information content (AvgIpc) is 3.08. The summed E-state index contributed by atoms with van der Waals surface area (Å²) in [6.45, 7) is 2.84. The third kappa shape index (κ3) is 3.94. The van der Waals surface area contributed by atoms with Crippen molar-refractivity contribution in [2.45, 2.75) is 63.1 Å². The zero-order valence-corrected chi connectivity index (χ0v) is 15.4. The van der Waals surface area contributed by atoms with Crippen molar-refractivity contribution in [2.24, 2.45) is 0 Å². The Morgan fingerprint density at radius 2 is 2.04 bits per heavy atom. The van der Waals surface area contributed by atoms with Crippen molar-refractivity contribution in [3.8, 4) is 0 Å². The summed E-state index contributed by atoms with van der Waals surface area (Å²) in [5.41, 5.74) is 1.02. The van der Waals surface area contributed by atoms with E-state index in [1.165, 1.54) is 18.9 Å². The van der Waals surface area contributed by atoms with E-state index in [0.717, 1.165) is 50.8 Å². The van der Waals surface area contributed by atoms with Gasteiger partial charge in [-0.2, -0.15) is 0 Å². The van der Waals surface area contributed by atoms with Crippen molar-refractivity contribution < 1.29 is 13.9 Å². The maximum absolute atomic E-state index is 13.5. The Bertz CT molecular complexity index is 636. The van der Waals surface area contributed by atoms with Gasteiger partial charge in [-0.1, -0.05) is 25.0 Å². The lowest BCUT2D eigenvalue weighted by Gasteiger charge is -2.44. The molecule has 4 nitrogen and oxygen atoms in total. The Labute approximate surface area is 155 Å². The van der Waals surface area contributed by atoms with E-state index in [1.807, 2.05) is 6.07 Å². The Morgan fingerprint density at radius 3 is 2.92 bits per heavy atom. The second-order valence-corrected chi connectivity index (χ2v) is 7.95. The number of halogens is 1. The molecule has 0 bridgehead atoms. The van der Waals surface area contributed by atoms with Crippen LogP contribution in [0.1, 0.15) is 44.1 Å². The first-order valence-corrected chi connectivity index (χ1v) is 10.1. The molecule has 1 aliphatic carbocycles. The largest absolute Gasteiger partial charge is 0.374 e. The van der Waals surface area contributed by atoms with Gasteiger partial charge in [0.2, 0.25) is 5.91 Å². The first-order valence-electron chi connectivity index (χ1n) is 10.1. The predicted octanol–water partition coefficient (Wildman–Crippen LogP) is 3.00. The molecule has 1 saturated carbocycles. The number of amides is 1. The molecule has 0 spiro atoms. The number of carbonyl (C=O) groups is 1. The van der Waals surface area contributed by atoms with E-state index < -0.39 is 0 Å². The summed E-state index contributed by atoms with van der Waals surface area (Å²) in [7, 11) is 0.